The molecule has 6 nitrogen and oxygen atoms in total. The molecule has 1 aliphatic heterocycles. The van der Waals surface area contributed by atoms with Crippen LogP contribution in [0.25, 0.3) is 0 Å². The van der Waals surface area contributed by atoms with Crippen LogP contribution in [0.5, 0.6) is 0 Å². The smallest absolute Gasteiger partial charge is 0.337 e. The van der Waals surface area contributed by atoms with Crippen LogP contribution in [0.3, 0.4) is 0 Å². The van der Waals surface area contributed by atoms with E-state index in [1.165, 1.54) is 48.5 Å². The van der Waals surface area contributed by atoms with Gasteiger partial charge in [0.15, 0.2) is 0 Å². The van der Waals surface area contributed by atoms with Crippen molar-refractivity contribution in [3.63, 3.8) is 0 Å². The van der Waals surface area contributed by atoms with Crippen molar-refractivity contribution in [3.05, 3.63) is 59.2 Å². The van der Waals surface area contributed by atoms with Crippen molar-refractivity contribution < 1.29 is 17.9 Å². The molecule has 0 bridgehead atoms. The molecule has 7 heteroatoms. The Morgan fingerprint density at radius 3 is 2.31 bits per heavy atom. The van der Waals surface area contributed by atoms with Crippen molar-refractivity contribution in [2.75, 3.05) is 32.1 Å². The average molecular weight is 417 g/mol. The average Bonchev–Trinajstić information content (AvgIpc) is 2.74. The number of hydrogen-bond donors (Lipinski definition) is 0. The largest absolute Gasteiger partial charge is 0.465 e. The van der Waals surface area contributed by atoms with Crippen LogP contribution in [0.4, 0.5) is 5.69 Å². The number of benzene rings is 2. The number of methoxy groups -OCH3 is 1. The fourth-order valence-corrected chi connectivity index (χ4v) is 5.02. The Hall–Kier alpha value is -2.38. The molecule has 1 fully saturated rings. The van der Waals surface area contributed by atoms with Gasteiger partial charge in [-0.05, 0) is 67.6 Å². The lowest BCUT2D eigenvalue weighted by molar-refractivity contribution is 0.0600. The van der Waals surface area contributed by atoms with Crippen molar-refractivity contribution in [2.45, 2.75) is 37.6 Å². The molecule has 0 aromatic heterocycles. The molecule has 29 heavy (non-hydrogen) atoms. The highest BCUT2D eigenvalue weighted by atomic mass is 32.2. The van der Waals surface area contributed by atoms with Gasteiger partial charge in [-0.1, -0.05) is 12.1 Å². The van der Waals surface area contributed by atoms with Crippen molar-refractivity contribution >= 4 is 21.7 Å². The number of ether oxygens (including phenoxy) is 1. The normalized spacial score (nSPS) is 14.8. The van der Waals surface area contributed by atoms with E-state index in [0.29, 0.717) is 11.1 Å². The lowest BCUT2D eigenvalue weighted by Crippen LogP contribution is -2.29. The van der Waals surface area contributed by atoms with Gasteiger partial charge in [0.2, 0.25) is 10.0 Å². The van der Waals surface area contributed by atoms with Crippen LogP contribution in [0.2, 0.25) is 0 Å². The summed E-state index contributed by atoms with van der Waals surface area (Å²) >= 11 is 0. The molecule has 156 valence electrons. The minimum atomic E-state index is -3.68. The number of sulfonamides is 1. The summed E-state index contributed by atoms with van der Waals surface area (Å²) in [6, 6.07) is 12.6. The lowest BCUT2D eigenvalue weighted by Gasteiger charge is -2.29. The van der Waals surface area contributed by atoms with Crippen molar-refractivity contribution in [3.8, 4) is 0 Å². The monoisotopic (exact) mass is 416 g/mol. The number of piperidine rings is 1. The number of esters is 1. The number of hydrogen-bond acceptors (Lipinski definition) is 5. The minimum absolute atomic E-state index is 0.192. The molecule has 0 unspecified atom stereocenters. The van der Waals surface area contributed by atoms with Crippen LogP contribution >= 0.6 is 0 Å². The van der Waals surface area contributed by atoms with E-state index in [4.69, 9.17) is 4.74 Å². The first-order chi connectivity index (χ1) is 13.8. The summed E-state index contributed by atoms with van der Waals surface area (Å²) in [5.41, 5.74) is 2.97. The van der Waals surface area contributed by atoms with Gasteiger partial charge in [0.25, 0.3) is 0 Å². The van der Waals surface area contributed by atoms with E-state index in [-0.39, 0.29) is 11.4 Å². The molecule has 2 aromatic carbocycles. The van der Waals surface area contributed by atoms with Crippen molar-refractivity contribution in [1.29, 1.82) is 0 Å². The molecule has 0 saturated carbocycles. The SMILES string of the molecule is COC(=O)c1ccc(S(=O)(=O)N(C)Cc2ccc(N3CCCCC3)cc2)c(C)c1. The predicted molar refractivity (Wildman–Crippen MR) is 114 cm³/mol. The third kappa shape index (κ3) is 4.79. The first kappa shape index (κ1) is 21.3. The molecule has 2 aromatic rings. The molecule has 0 radical (unpaired) electrons. The van der Waals surface area contributed by atoms with E-state index in [1.54, 1.807) is 20.0 Å². The van der Waals surface area contributed by atoms with Crippen molar-refractivity contribution in [2.24, 2.45) is 0 Å². The maximum Gasteiger partial charge on any atom is 0.337 e. The van der Waals surface area contributed by atoms with E-state index in [0.717, 1.165) is 18.7 Å². The quantitative estimate of drug-likeness (QED) is 0.673. The molecule has 0 atom stereocenters. The van der Waals surface area contributed by atoms with E-state index >= 15 is 0 Å². The Bertz CT molecular complexity index is 965. The first-order valence-corrected chi connectivity index (χ1v) is 11.3. The van der Waals surface area contributed by atoms with Crippen LogP contribution in [-0.4, -0.2) is 45.9 Å². The third-order valence-electron chi connectivity index (χ3n) is 5.35. The Labute approximate surface area is 173 Å². The third-order valence-corrected chi connectivity index (χ3v) is 7.31. The van der Waals surface area contributed by atoms with Gasteiger partial charge in [0.1, 0.15) is 0 Å². The molecule has 3 rings (SSSR count). The van der Waals surface area contributed by atoms with Gasteiger partial charge in [0.05, 0.1) is 17.6 Å². The molecular formula is C22H28N2O4S. The first-order valence-electron chi connectivity index (χ1n) is 9.82. The maximum atomic E-state index is 13.0. The van der Waals surface area contributed by atoms with Crippen LogP contribution in [0.1, 0.15) is 40.7 Å². The van der Waals surface area contributed by atoms with E-state index in [1.807, 2.05) is 12.1 Å². The van der Waals surface area contributed by atoms with Gasteiger partial charge in [-0.3, -0.25) is 0 Å². The number of nitrogens with zero attached hydrogens (tertiary/aromatic N) is 2. The summed E-state index contributed by atoms with van der Waals surface area (Å²) in [7, 11) is -0.808. The highest BCUT2D eigenvalue weighted by molar-refractivity contribution is 7.89. The van der Waals surface area contributed by atoms with Crippen LogP contribution in [-0.2, 0) is 21.3 Å². The molecule has 0 spiro atoms. The zero-order valence-corrected chi connectivity index (χ0v) is 18.0. The summed E-state index contributed by atoms with van der Waals surface area (Å²) in [5, 5.41) is 0. The van der Waals surface area contributed by atoms with Gasteiger partial charge in [-0.15, -0.1) is 0 Å². The maximum absolute atomic E-state index is 13.0. The Balaban J connectivity index is 1.74. The molecular weight excluding hydrogens is 388 g/mol. The Kier molecular flexibility index (Phi) is 6.59. The molecule has 0 N–H and O–H groups in total. The molecule has 1 aliphatic rings. The topological polar surface area (TPSA) is 66.9 Å². The molecule has 0 aliphatic carbocycles. The summed E-state index contributed by atoms with van der Waals surface area (Å²) < 4.78 is 32.1. The van der Waals surface area contributed by atoms with Gasteiger partial charge < -0.3 is 9.64 Å². The highest BCUT2D eigenvalue weighted by Crippen LogP contribution is 2.24. The summed E-state index contributed by atoms with van der Waals surface area (Å²) in [4.78, 5) is 14.2. The van der Waals surface area contributed by atoms with Gasteiger partial charge in [-0.25, -0.2) is 13.2 Å². The second-order valence-electron chi connectivity index (χ2n) is 7.45. The van der Waals surface area contributed by atoms with E-state index < -0.39 is 16.0 Å². The molecule has 1 saturated heterocycles. The summed E-state index contributed by atoms with van der Waals surface area (Å²) in [6.07, 6.45) is 3.73. The number of carbonyl (C=O) groups is 1. The second kappa shape index (κ2) is 8.97. The van der Waals surface area contributed by atoms with Gasteiger partial charge in [-0.2, -0.15) is 4.31 Å². The van der Waals surface area contributed by atoms with E-state index in [2.05, 4.69) is 17.0 Å². The zero-order chi connectivity index (χ0) is 21.0. The fraction of sp³-hybridized carbons (Fsp3) is 0.409. The highest BCUT2D eigenvalue weighted by Gasteiger charge is 2.24. The van der Waals surface area contributed by atoms with Gasteiger partial charge in [0, 0.05) is 32.4 Å². The fourth-order valence-electron chi connectivity index (χ4n) is 3.66. The minimum Gasteiger partial charge on any atom is -0.465 e. The van der Waals surface area contributed by atoms with Crippen molar-refractivity contribution in [1.82, 2.24) is 4.31 Å². The number of anilines is 1. The second-order valence-corrected chi connectivity index (χ2v) is 9.46. The number of aryl methyl sites for hydroxylation is 1. The van der Waals surface area contributed by atoms with Gasteiger partial charge >= 0.3 is 5.97 Å². The Morgan fingerprint density at radius 2 is 1.72 bits per heavy atom. The Morgan fingerprint density at radius 1 is 1.07 bits per heavy atom. The zero-order valence-electron chi connectivity index (χ0n) is 17.2. The van der Waals surface area contributed by atoms with Crippen LogP contribution in [0.15, 0.2) is 47.4 Å². The number of rotatable bonds is 6. The summed E-state index contributed by atoms with van der Waals surface area (Å²) in [6.45, 7) is 4.12. The predicted octanol–water partition coefficient (Wildman–Crippen LogP) is 3.59. The van der Waals surface area contributed by atoms with Crippen LogP contribution in [0, 0.1) is 6.92 Å². The standard InChI is InChI=1S/C22H28N2O4S/c1-17-15-19(22(25)28-3)9-12-21(17)29(26,27)23(2)16-18-7-10-20(11-8-18)24-13-5-4-6-14-24/h7-12,15H,4-6,13-14,16H2,1-3H3. The molecule has 0 amide bonds. The van der Waals surface area contributed by atoms with Crippen LogP contribution < -0.4 is 4.90 Å². The van der Waals surface area contributed by atoms with E-state index in [9.17, 15) is 13.2 Å². The summed E-state index contributed by atoms with van der Waals surface area (Å²) in [5.74, 6) is -0.487. The molecule has 1 heterocycles. The lowest BCUT2D eigenvalue weighted by atomic mass is 10.1. The number of carbonyl (C=O) groups excluding carboxylic acids is 1.